The van der Waals surface area contributed by atoms with Crippen molar-refractivity contribution in [2.45, 2.75) is 13.3 Å². The number of amides is 1. The van der Waals surface area contributed by atoms with E-state index in [1.165, 1.54) is 0 Å². The quantitative estimate of drug-likeness (QED) is 0.761. The summed E-state index contributed by atoms with van der Waals surface area (Å²) in [5, 5.41) is 3.43. The van der Waals surface area contributed by atoms with Gasteiger partial charge in [-0.1, -0.05) is 34.5 Å². The third-order valence-electron chi connectivity index (χ3n) is 4.02. The minimum atomic E-state index is -0.109. The second-order valence-corrected chi connectivity index (χ2v) is 6.83. The number of hydrogen-bond donors (Lipinski definition) is 1. The van der Waals surface area contributed by atoms with Gasteiger partial charge in [-0.05, 0) is 37.7 Å². The van der Waals surface area contributed by atoms with E-state index < -0.39 is 0 Å². The van der Waals surface area contributed by atoms with Gasteiger partial charge in [0, 0.05) is 37.2 Å². The Morgan fingerprint density at radius 1 is 1.27 bits per heavy atom. The summed E-state index contributed by atoms with van der Waals surface area (Å²) in [6.07, 6.45) is 0.962. The van der Waals surface area contributed by atoms with Crippen molar-refractivity contribution in [3.8, 4) is 0 Å². The molecule has 0 radical (unpaired) electrons. The van der Waals surface area contributed by atoms with Crippen LogP contribution in [0.2, 0.25) is 5.02 Å². The molecule has 0 aliphatic carbocycles. The molecule has 4 nitrogen and oxygen atoms in total. The van der Waals surface area contributed by atoms with Crippen molar-refractivity contribution in [1.29, 1.82) is 0 Å². The second kappa shape index (κ2) is 8.87. The van der Waals surface area contributed by atoms with E-state index in [0.29, 0.717) is 17.1 Å². The Morgan fingerprint density at radius 2 is 1.95 bits per heavy atom. The highest BCUT2D eigenvalue weighted by Gasteiger charge is 2.15. The Hall–Kier alpha value is -0.620. The number of nitrogens with one attached hydrogen (secondary N) is 1. The number of carbonyl (C=O) groups is 1. The fourth-order valence-electron chi connectivity index (χ4n) is 2.60. The average molecular weight is 389 g/mol. The minimum Gasteiger partial charge on any atom is -0.352 e. The van der Waals surface area contributed by atoms with E-state index in [2.05, 4.69) is 38.0 Å². The van der Waals surface area contributed by atoms with Gasteiger partial charge in [0.05, 0.1) is 10.6 Å². The molecule has 1 amide bonds. The number of rotatable bonds is 6. The van der Waals surface area contributed by atoms with Crippen LogP contribution in [0, 0.1) is 0 Å². The number of hydrogen-bond acceptors (Lipinski definition) is 3. The number of piperazine rings is 1. The van der Waals surface area contributed by atoms with Gasteiger partial charge in [0.15, 0.2) is 0 Å². The largest absolute Gasteiger partial charge is 0.352 e. The third kappa shape index (κ3) is 5.23. The first kappa shape index (κ1) is 17.7. The van der Waals surface area contributed by atoms with Crippen LogP contribution in [0.3, 0.4) is 0 Å². The summed E-state index contributed by atoms with van der Waals surface area (Å²) in [4.78, 5) is 17.0. The van der Waals surface area contributed by atoms with Crippen LogP contribution in [-0.4, -0.2) is 61.5 Å². The zero-order valence-corrected chi connectivity index (χ0v) is 15.3. The van der Waals surface area contributed by atoms with E-state index >= 15 is 0 Å². The fraction of sp³-hybridized carbons (Fsp3) is 0.562. The van der Waals surface area contributed by atoms with Crippen molar-refractivity contribution in [1.82, 2.24) is 15.1 Å². The van der Waals surface area contributed by atoms with Crippen LogP contribution < -0.4 is 5.32 Å². The van der Waals surface area contributed by atoms with E-state index in [4.69, 9.17) is 11.6 Å². The molecule has 1 fully saturated rings. The molecule has 2 rings (SSSR count). The van der Waals surface area contributed by atoms with Crippen molar-refractivity contribution < 1.29 is 4.79 Å². The molecule has 1 aliphatic heterocycles. The maximum atomic E-state index is 12.1. The zero-order chi connectivity index (χ0) is 15.9. The van der Waals surface area contributed by atoms with E-state index in [-0.39, 0.29) is 5.91 Å². The lowest BCUT2D eigenvalue weighted by molar-refractivity contribution is 0.0948. The molecule has 1 aromatic carbocycles. The van der Waals surface area contributed by atoms with Crippen molar-refractivity contribution in [2.24, 2.45) is 0 Å². The van der Waals surface area contributed by atoms with Gasteiger partial charge < -0.3 is 15.1 Å². The number of halogens is 2. The Bertz CT molecular complexity index is 504. The van der Waals surface area contributed by atoms with Gasteiger partial charge in [0.25, 0.3) is 5.91 Å². The highest BCUT2D eigenvalue weighted by Crippen LogP contribution is 2.20. The summed E-state index contributed by atoms with van der Waals surface area (Å²) in [6.45, 7) is 9.60. The molecule has 6 heteroatoms. The van der Waals surface area contributed by atoms with Gasteiger partial charge in [-0.25, -0.2) is 0 Å². The van der Waals surface area contributed by atoms with E-state index in [9.17, 15) is 4.79 Å². The monoisotopic (exact) mass is 387 g/mol. The van der Waals surface area contributed by atoms with Crippen molar-refractivity contribution >= 4 is 33.4 Å². The van der Waals surface area contributed by atoms with Gasteiger partial charge >= 0.3 is 0 Å². The fourth-order valence-corrected chi connectivity index (χ4v) is 3.16. The predicted molar refractivity (Wildman–Crippen MR) is 94.7 cm³/mol. The molecule has 1 N–H and O–H groups in total. The lowest BCUT2D eigenvalue weighted by Gasteiger charge is -2.33. The van der Waals surface area contributed by atoms with Crippen LogP contribution in [0.15, 0.2) is 22.7 Å². The number of benzene rings is 1. The minimum absolute atomic E-state index is 0.109. The van der Waals surface area contributed by atoms with E-state index in [1.54, 1.807) is 12.1 Å². The molecule has 0 saturated carbocycles. The van der Waals surface area contributed by atoms with Crippen molar-refractivity contribution in [2.75, 3.05) is 45.8 Å². The van der Waals surface area contributed by atoms with Crippen molar-refractivity contribution in [3.63, 3.8) is 0 Å². The Labute approximate surface area is 145 Å². The number of likely N-dealkylation sites (N-methyl/N-ethyl adjacent to an activating group) is 1. The van der Waals surface area contributed by atoms with Gasteiger partial charge in [-0.2, -0.15) is 0 Å². The summed E-state index contributed by atoms with van der Waals surface area (Å²) < 4.78 is 0.857. The third-order valence-corrected chi connectivity index (χ3v) is 4.84. The van der Waals surface area contributed by atoms with E-state index in [1.807, 2.05) is 6.07 Å². The highest BCUT2D eigenvalue weighted by atomic mass is 79.9. The van der Waals surface area contributed by atoms with Crippen molar-refractivity contribution in [3.05, 3.63) is 33.3 Å². The van der Waals surface area contributed by atoms with Crippen LogP contribution in [0.1, 0.15) is 23.7 Å². The second-order valence-electron chi connectivity index (χ2n) is 5.51. The summed E-state index contributed by atoms with van der Waals surface area (Å²) in [5.74, 6) is -0.109. The molecule has 1 saturated heterocycles. The number of nitrogens with zero attached hydrogens (tertiary/aromatic N) is 2. The SMILES string of the molecule is CCN1CCN(CCCNC(=O)c2cc(Br)ccc2Cl)CC1. The molecule has 1 aromatic rings. The molecule has 1 heterocycles. The lowest BCUT2D eigenvalue weighted by Crippen LogP contribution is -2.46. The van der Waals surface area contributed by atoms with Crippen LogP contribution in [0.4, 0.5) is 0 Å². The summed E-state index contributed by atoms with van der Waals surface area (Å²) in [7, 11) is 0. The number of carbonyl (C=O) groups excluding carboxylic acids is 1. The maximum Gasteiger partial charge on any atom is 0.252 e. The molecule has 0 aromatic heterocycles. The first-order chi connectivity index (χ1) is 10.6. The van der Waals surface area contributed by atoms with Crippen LogP contribution in [0.25, 0.3) is 0 Å². The molecule has 22 heavy (non-hydrogen) atoms. The normalized spacial score (nSPS) is 16.7. The van der Waals surface area contributed by atoms with Crippen LogP contribution >= 0.6 is 27.5 Å². The van der Waals surface area contributed by atoms with Gasteiger partial charge in [0.1, 0.15) is 0 Å². The summed E-state index contributed by atoms with van der Waals surface area (Å²) >= 11 is 9.42. The lowest BCUT2D eigenvalue weighted by atomic mass is 10.2. The molecule has 0 spiro atoms. The predicted octanol–water partition coefficient (Wildman–Crippen LogP) is 2.86. The summed E-state index contributed by atoms with van der Waals surface area (Å²) in [6, 6.07) is 5.31. The Balaban J connectivity index is 1.68. The average Bonchev–Trinajstić information content (AvgIpc) is 2.54. The molecule has 122 valence electrons. The molecular formula is C16H23BrClN3O. The van der Waals surface area contributed by atoms with Gasteiger partial charge in [-0.15, -0.1) is 0 Å². The highest BCUT2D eigenvalue weighted by molar-refractivity contribution is 9.10. The van der Waals surface area contributed by atoms with Gasteiger partial charge in [0.2, 0.25) is 0 Å². The van der Waals surface area contributed by atoms with Crippen LogP contribution in [0.5, 0.6) is 0 Å². The molecular weight excluding hydrogens is 366 g/mol. The first-order valence-corrected chi connectivity index (χ1v) is 8.95. The first-order valence-electron chi connectivity index (χ1n) is 7.78. The van der Waals surface area contributed by atoms with Crippen LogP contribution in [-0.2, 0) is 0 Å². The summed E-state index contributed by atoms with van der Waals surface area (Å²) in [5.41, 5.74) is 0.521. The topological polar surface area (TPSA) is 35.6 Å². The van der Waals surface area contributed by atoms with Gasteiger partial charge in [-0.3, -0.25) is 4.79 Å². The maximum absolute atomic E-state index is 12.1. The standard InChI is InChI=1S/C16H23BrClN3O/c1-2-20-8-10-21(11-9-20)7-3-6-19-16(22)14-12-13(17)4-5-15(14)18/h4-5,12H,2-3,6-11H2,1H3,(H,19,22). The molecule has 1 aliphatic rings. The Morgan fingerprint density at radius 3 is 2.64 bits per heavy atom. The Kier molecular flexibility index (Phi) is 7.15. The zero-order valence-electron chi connectivity index (χ0n) is 12.9. The van der Waals surface area contributed by atoms with E-state index in [0.717, 1.165) is 50.2 Å². The molecule has 0 atom stereocenters. The molecule has 0 unspecified atom stereocenters. The molecule has 0 bridgehead atoms. The smallest absolute Gasteiger partial charge is 0.252 e.